The van der Waals surface area contributed by atoms with Gasteiger partial charge in [0.15, 0.2) is 5.96 Å². The van der Waals surface area contributed by atoms with Gasteiger partial charge in [0.2, 0.25) is 0 Å². The highest BCUT2D eigenvalue weighted by Crippen LogP contribution is 2.36. The maximum Gasteiger partial charge on any atom is 0.191 e. The number of guanidine groups is 1. The minimum atomic E-state index is 0. The van der Waals surface area contributed by atoms with Crippen molar-refractivity contribution in [3.63, 3.8) is 0 Å². The van der Waals surface area contributed by atoms with E-state index in [0.29, 0.717) is 11.4 Å². The third-order valence-electron chi connectivity index (χ3n) is 4.11. The summed E-state index contributed by atoms with van der Waals surface area (Å²) in [5, 5.41) is 6.87. The van der Waals surface area contributed by atoms with Crippen molar-refractivity contribution in [1.82, 2.24) is 10.6 Å². The number of benzene rings is 1. The second-order valence-corrected chi connectivity index (χ2v) is 7.73. The third kappa shape index (κ3) is 6.70. The van der Waals surface area contributed by atoms with Crippen LogP contribution >= 0.6 is 35.7 Å². The Morgan fingerprint density at radius 2 is 2.12 bits per heavy atom. The molecule has 0 spiro atoms. The molecule has 136 valence electrons. The summed E-state index contributed by atoms with van der Waals surface area (Å²) >= 11 is 2.06. The lowest BCUT2D eigenvalue weighted by molar-refractivity contribution is 0.336. The van der Waals surface area contributed by atoms with Gasteiger partial charge in [0, 0.05) is 24.9 Å². The van der Waals surface area contributed by atoms with Crippen LogP contribution in [0.3, 0.4) is 0 Å². The van der Waals surface area contributed by atoms with Crippen LogP contribution in [0.4, 0.5) is 0 Å². The first kappa shape index (κ1) is 21.4. The highest BCUT2D eigenvalue weighted by Gasteiger charge is 2.29. The third-order valence-corrected chi connectivity index (χ3v) is 5.65. The average molecular weight is 463 g/mol. The second kappa shape index (κ2) is 11.1. The molecule has 24 heavy (non-hydrogen) atoms. The molecule has 1 aromatic carbocycles. The van der Waals surface area contributed by atoms with Crippen LogP contribution in [0, 0.1) is 0 Å². The van der Waals surface area contributed by atoms with Crippen molar-refractivity contribution in [3.8, 4) is 5.75 Å². The molecule has 1 aliphatic rings. The number of nitrogens with zero attached hydrogens (tertiary/aromatic N) is 1. The van der Waals surface area contributed by atoms with Crippen molar-refractivity contribution in [2.24, 2.45) is 4.99 Å². The maximum atomic E-state index is 5.67. The molecule has 0 saturated carbocycles. The van der Waals surface area contributed by atoms with Gasteiger partial charge in [-0.15, -0.1) is 24.0 Å². The van der Waals surface area contributed by atoms with Crippen LogP contribution in [0.5, 0.6) is 5.75 Å². The van der Waals surface area contributed by atoms with Gasteiger partial charge in [-0.1, -0.05) is 18.2 Å². The molecule has 1 aromatic rings. The van der Waals surface area contributed by atoms with Crippen LogP contribution in [-0.2, 0) is 6.42 Å². The molecule has 4 nitrogen and oxygen atoms in total. The lowest BCUT2D eigenvalue weighted by Gasteiger charge is -2.24. The Kier molecular flexibility index (Phi) is 9.88. The van der Waals surface area contributed by atoms with Crippen LogP contribution in [-0.4, -0.2) is 43.2 Å². The van der Waals surface area contributed by atoms with E-state index >= 15 is 0 Å². The highest BCUT2D eigenvalue weighted by molar-refractivity contribution is 14.0. The zero-order valence-electron chi connectivity index (χ0n) is 14.9. The summed E-state index contributed by atoms with van der Waals surface area (Å²) in [6.07, 6.45) is 3.52. The minimum Gasteiger partial charge on any atom is -0.494 e. The average Bonchev–Trinajstić information content (AvgIpc) is 2.99. The number of hydrogen-bond acceptors (Lipinski definition) is 3. The molecule has 1 saturated heterocycles. The molecule has 2 rings (SSSR count). The largest absolute Gasteiger partial charge is 0.494 e. The monoisotopic (exact) mass is 463 g/mol. The number of ether oxygens (including phenoxy) is 1. The van der Waals surface area contributed by atoms with Crippen LogP contribution in [0.25, 0.3) is 0 Å². The van der Waals surface area contributed by atoms with E-state index in [9.17, 15) is 0 Å². The van der Waals surface area contributed by atoms with Gasteiger partial charge in [0.05, 0.1) is 6.61 Å². The van der Waals surface area contributed by atoms with Crippen LogP contribution in [0.15, 0.2) is 29.3 Å². The number of nitrogens with one attached hydrogen (secondary N) is 2. The van der Waals surface area contributed by atoms with Crippen LogP contribution < -0.4 is 15.4 Å². The fraction of sp³-hybridized carbons (Fsp3) is 0.611. The SMILES string of the molecule is CCOc1ccccc1CCNC(=NC)NCC1(C)CCCS1.I. The molecule has 6 heteroatoms. The van der Waals surface area contributed by atoms with Gasteiger partial charge in [-0.3, -0.25) is 4.99 Å². The van der Waals surface area contributed by atoms with Gasteiger partial charge < -0.3 is 15.4 Å². The molecule has 1 atom stereocenters. The normalized spacial score (nSPS) is 20.4. The first-order chi connectivity index (χ1) is 11.2. The molecule has 1 fully saturated rings. The predicted octanol–water partition coefficient (Wildman–Crippen LogP) is 3.70. The van der Waals surface area contributed by atoms with Crippen molar-refractivity contribution >= 4 is 41.7 Å². The molecule has 2 N–H and O–H groups in total. The molecule has 0 aromatic heterocycles. The van der Waals surface area contributed by atoms with E-state index in [0.717, 1.165) is 31.2 Å². The van der Waals surface area contributed by atoms with Crippen molar-refractivity contribution < 1.29 is 4.74 Å². The number of para-hydroxylation sites is 1. The Morgan fingerprint density at radius 3 is 2.79 bits per heavy atom. The quantitative estimate of drug-likeness (QED) is 0.368. The number of thioether (sulfide) groups is 1. The highest BCUT2D eigenvalue weighted by atomic mass is 127. The summed E-state index contributed by atoms with van der Waals surface area (Å²) in [7, 11) is 1.83. The van der Waals surface area contributed by atoms with E-state index in [1.54, 1.807) is 0 Å². The first-order valence-corrected chi connectivity index (χ1v) is 9.44. The fourth-order valence-electron chi connectivity index (χ4n) is 2.79. The zero-order chi connectivity index (χ0) is 16.5. The Labute approximate surface area is 167 Å². The van der Waals surface area contributed by atoms with Crippen molar-refractivity contribution in [2.75, 3.05) is 32.5 Å². The Hall–Kier alpha value is -0.630. The van der Waals surface area contributed by atoms with E-state index < -0.39 is 0 Å². The summed E-state index contributed by atoms with van der Waals surface area (Å²) in [5.74, 6) is 3.14. The van der Waals surface area contributed by atoms with E-state index in [4.69, 9.17) is 4.74 Å². The zero-order valence-corrected chi connectivity index (χ0v) is 18.1. The molecule has 0 amide bonds. The van der Waals surface area contributed by atoms with Gasteiger partial charge in [0.25, 0.3) is 0 Å². The Morgan fingerprint density at radius 1 is 1.33 bits per heavy atom. The number of hydrogen-bond donors (Lipinski definition) is 2. The summed E-state index contributed by atoms with van der Waals surface area (Å²) in [4.78, 5) is 4.32. The predicted molar refractivity (Wildman–Crippen MR) is 116 cm³/mol. The van der Waals surface area contributed by atoms with Crippen LogP contribution in [0.1, 0.15) is 32.3 Å². The van der Waals surface area contributed by atoms with Gasteiger partial charge in [-0.05, 0) is 50.5 Å². The summed E-state index contributed by atoms with van der Waals surface area (Å²) in [6, 6.07) is 8.23. The Bertz CT molecular complexity index is 519. The summed E-state index contributed by atoms with van der Waals surface area (Å²) in [6.45, 7) is 6.86. The maximum absolute atomic E-state index is 5.67. The van der Waals surface area contributed by atoms with Crippen molar-refractivity contribution in [3.05, 3.63) is 29.8 Å². The molecule has 1 aliphatic heterocycles. The van der Waals surface area contributed by atoms with E-state index in [2.05, 4.69) is 46.4 Å². The molecule has 1 unspecified atom stereocenters. The van der Waals surface area contributed by atoms with E-state index in [1.165, 1.54) is 24.2 Å². The number of aliphatic imine (C=N–C) groups is 1. The molecule has 0 aliphatic carbocycles. The summed E-state index contributed by atoms with van der Waals surface area (Å²) < 4.78 is 6.02. The number of halogens is 1. The van der Waals surface area contributed by atoms with Crippen LogP contribution in [0.2, 0.25) is 0 Å². The summed E-state index contributed by atoms with van der Waals surface area (Å²) in [5.41, 5.74) is 1.23. The lowest BCUT2D eigenvalue weighted by atomic mass is 10.1. The van der Waals surface area contributed by atoms with E-state index in [-0.39, 0.29) is 24.0 Å². The van der Waals surface area contributed by atoms with Crippen molar-refractivity contribution in [1.29, 1.82) is 0 Å². The van der Waals surface area contributed by atoms with Gasteiger partial charge >= 0.3 is 0 Å². The molecule has 0 bridgehead atoms. The molecular formula is C18H30IN3OS. The minimum absolute atomic E-state index is 0. The lowest BCUT2D eigenvalue weighted by Crippen LogP contribution is -2.44. The van der Waals surface area contributed by atoms with Gasteiger partial charge in [0.1, 0.15) is 5.75 Å². The van der Waals surface area contributed by atoms with Gasteiger partial charge in [-0.2, -0.15) is 11.8 Å². The van der Waals surface area contributed by atoms with Gasteiger partial charge in [-0.25, -0.2) is 0 Å². The standard InChI is InChI=1S/C18H29N3OS.HI/c1-4-22-16-9-6-5-8-15(16)10-12-20-17(19-3)21-14-18(2)11-7-13-23-18;/h5-6,8-9H,4,7,10-14H2,1-3H3,(H2,19,20,21);1H. The fourth-order valence-corrected chi connectivity index (χ4v) is 4.03. The smallest absolute Gasteiger partial charge is 0.191 e. The Balaban J connectivity index is 0.00000288. The molecule has 0 radical (unpaired) electrons. The van der Waals surface area contributed by atoms with E-state index in [1.807, 2.05) is 26.1 Å². The van der Waals surface area contributed by atoms with Crippen molar-refractivity contribution in [2.45, 2.75) is 37.9 Å². The number of rotatable bonds is 7. The molecular weight excluding hydrogens is 433 g/mol. The molecule has 1 heterocycles. The second-order valence-electron chi connectivity index (χ2n) is 6.05. The first-order valence-electron chi connectivity index (χ1n) is 8.46. The topological polar surface area (TPSA) is 45.6 Å².